The first-order valence-electron chi connectivity index (χ1n) is 3.60. The molecular weight excluding hydrogens is 377 g/mol. The van der Waals surface area contributed by atoms with Gasteiger partial charge in [-0.3, -0.25) is 0 Å². The number of halogens is 4. The summed E-state index contributed by atoms with van der Waals surface area (Å²) in [6.07, 6.45) is -2.18. The van der Waals surface area contributed by atoms with Crippen molar-refractivity contribution in [1.82, 2.24) is 4.98 Å². The fourth-order valence-corrected chi connectivity index (χ4v) is 3.16. The van der Waals surface area contributed by atoms with Crippen LogP contribution < -0.4 is 0 Å². The Hall–Kier alpha value is -0.530. The van der Waals surface area contributed by atoms with E-state index in [0.29, 0.717) is 0 Å². The van der Waals surface area contributed by atoms with E-state index in [1.165, 1.54) is 28.7 Å². The zero-order valence-electron chi connectivity index (χ0n) is 7.29. The molecule has 4 nitrogen and oxygen atoms in total. The lowest BCUT2D eigenvalue weighted by molar-refractivity contribution is 0.146. The number of aromatic nitrogens is 1. The molecular formula is C7H2ClF2IN2O2S. The maximum absolute atomic E-state index is 12.7. The second-order valence-corrected chi connectivity index (χ2v) is 6.08. The van der Waals surface area contributed by atoms with Gasteiger partial charge in [-0.15, -0.1) is 0 Å². The molecule has 0 N–H and O–H groups in total. The number of alkyl halides is 2. The predicted octanol–water partition coefficient (Wildman–Crippen LogP) is 2.42. The highest BCUT2D eigenvalue weighted by Gasteiger charge is 2.28. The fourth-order valence-electron chi connectivity index (χ4n) is 1.02. The molecule has 0 aliphatic heterocycles. The molecule has 0 spiro atoms. The molecule has 0 saturated heterocycles. The van der Waals surface area contributed by atoms with E-state index in [4.69, 9.17) is 15.9 Å². The van der Waals surface area contributed by atoms with Gasteiger partial charge in [0.1, 0.15) is 14.7 Å². The maximum atomic E-state index is 12.7. The summed E-state index contributed by atoms with van der Waals surface area (Å²) in [6, 6.07) is 1.46. The van der Waals surface area contributed by atoms with Gasteiger partial charge in [-0.05, 0) is 22.6 Å². The van der Waals surface area contributed by atoms with Crippen LogP contribution in [0.3, 0.4) is 0 Å². The van der Waals surface area contributed by atoms with Crippen molar-refractivity contribution in [1.29, 1.82) is 5.26 Å². The van der Waals surface area contributed by atoms with Crippen LogP contribution in [0, 0.1) is 15.0 Å². The number of pyridine rings is 1. The summed E-state index contributed by atoms with van der Waals surface area (Å²) in [7, 11) is 0.602. The van der Waals surface area contributed by atoms with E-state index in [1.807, 2.05) is 0 Å². The van der Waals surface area contributed by atoms with Gasteiger partial charge in [-0.1, -0.05) is 0 Å². The normalized spacial score (nSPS) is 11.5. The first-order valence-corrected chi connectivity index (χ1v) is 6.99. The monoisotopic (exact) mass is 378 g/mol. The van der Waals surface area contributed by atoms with Gasteiger partial charge in [0, 0.05) is 16.9 Å². The quantitative estimate of drug-likeness (QED) is 0.450. The second-order valence-electron chi connectivity index (χ2n) is 2.56. The minimum absolute atomic E-state index is 0.203. The summed E-state index contributed by atoms with van der Waals surface area (Å²) >= 11 is 1.45. The molecule has 0 fully saturated rings. The van der Waals surface area contributed by atoms with Crippen LogP contribution >= 0.6 is 33.3 Å². The first kappa shape index (κ1) is 13.5. The van der Waals surface area contributed by atoms with Crippen LogP contribution in [-0.4, -0.2) is 13.4 Å². The molecule has 0 unspecified atom stereocenters. The topological polar surface area (TPSA) is 70.8 Å². The van der Waals surface area contributed by atoms with Crippen LogP contribution in [0.4, 0.5) is 8.78 Å². The van der Waals surface area contributed by atoms with Gasteiger partial charge < -0.3 is 0 Å². The maximum Gasteiger partial charge on any atom is 0.267 e. The average Bonchev–Trinajstić information content (AvgIpc) is 2.15. The van der Waals surface area contributed by atoms with Crippen LogP contribution in [0.25, 0.3) is 0 Å². The van der Waals surface area contributed by atoms with Crippen molar-refractivity contribution in [2.45, 2.75) is 11.3 Å². The molecule has 0 bridgehead atoms. The van der Waals surface area contributed by atoms with Crippen LogP contribution in [0.2, 0.25) is 0 Å². The Morgan fingerprint density at radius 1 is 1.56 bits per heavy atom. The Balaban J connectivity index is 3.79. The Bertz CT molecular complexity index is 570. The lowest BCUT2D eigenvalue weighted by atomic mass is 10.2. The summed E-state index contributed by atoms with van der Waals surface area (Å²) in [5.41, 5.74) is -1.33. The summed E-state index contributed by atoms with van der Waals surface area (Å²) in [4.78, 5) is 2.64. The standard InChI is InChI=1S/C7H2ClF2IN2O2S/c8-16(14,15)5-3(1-12)2-13-7(11)4(5)6(9)10/h2,6H. The van der Waals surface area contributed by atoms with Gasteiger partial charge in [-0.2, -0.15) is 5.26 Å². The Morgan fingerprint density at radius 3 is 2.50 bits per heavy atom. The summed E-state index contributed by atoms with van der Waals surface area (Å²) in [5.74, 6) is 0. The Morgan fingerprint density at radius 2 is 2.12 bits per heavy atom. The van der Waals surface area contributed by atoms with Crippen molar-refractivity contribution in [3.63, 3.8) is 0 Å². The van der Waals surface area contributed by atoms with E-state index < -0.39 is 31.5 Å². The number of hydrogen-bond acceptors (Lipinski definition) is 4. The van der Waals surface area contributed by atoms with Crippen LogP contribution in [0.15, 0.2) is 11.1 Å². The van der Waals surface area contributed by atoms with E-state index in [0.717, 1.165) is 6.20 Å². The highest BCUT2D eigenvalue weighted by Crippen LogP contribution is 2.33. The molecule has 0 aliphatic carbocycles. The molecule has 1 heterocycles. The van der Waals surface area contributed by atoms with E-state index in [1.54, 1.807) is 0 Å². The number of hydrogen-bond donors (Lipinski definition) is 0. The van der Waals surface area contributed by atoms with Crippen molar-refractivity contribution < 1.29 is 17.2 Å². The molecule has 1 aromatic heterocycles. The smallest absolute Gasteiger partial charge is 0.248 e. The van der Waals surface area contributed by atoms with Gasteiger partial charge in [-0.25, -0.2) is 22.2 Å². The third-order valence-electron chi connectivity index (χ3n) is 1.60. The molecule has 0 atom stereocenters. The van der Waals surface area contributed by atoms with Crippen LogP contribution in [0.1, 0.15) is 17.6 Å². The first-order chi connectivity index (χ1) is 7.29. The molecule has 0 radical (unpaired) electrons. The molecule has 16 heavy (non-hydrogen) atoms. The zero-order chi connectivity index (χ0) is 12.5. The summed E-state index contributed by atoms with van der Waals surface area (Å²) in [5, 5.41) is 8.62. The van der Waals surface area contributed by atoms with Gasteiger partial charge in [0.25, 0.3) is 15.5 Å². The lowest BCUT2D eigenvalue weighted by Crippen LogP contribution is -2.06. The largest absolute Gasteiger partial charge is 0.267 e. The van der Waals surface area contributed by atoms with Gasteiger partial charge in [0.2, 0.25) is 0 Å². The van der Waals surface area contributed by atoms with Crippen LogP contribution in [0.5, 0.6) is 0 Å². The van der Waals surface area contributed by atoms with Crippen molar-refractivity contribution in [3.8, 4) is 6.07 Å². The lowest BCUT2D eigenvalue weighted by Gasteiger charge is -2.08. The van der Waals surface area contributed by atoms with E-state index >= 15 is 0 Å². The summed E-state index contributed by atoms with van der Waals surface area (Å²) < 4.78 is 47.4. The Labute approximate surface area is 108 Å². The summed E-state index contributed by atoms with van der Waals surface area (Å²) in [6.45, 7) is 0. The van der Waals surface area contributed by atoms with Gasteiger partial charge >= 0.3 is 0 Å². The fraction of sp³-hybridized carbons (Fsp3) is 0.143. The van der Waals surface area contributed by atoms with Crippen molar-refractivity contribution in [3.05, 3.63) is 21.0 Å². The van der Waals surface area contributed by atoms with Crippen molar-refractivity contribution in [2.75, 3.05) is 0 Å². The number of rotatable bonds is 2. The van der Waals surface area contributed by atoms with E-state index in [2.05, 4.69) is 4.98 Å². The minimum Gasteiger partial charge on any atom is -0.248 e. The molecule has 86 valence electrons. The predicted molar refractivity (Wildman–Crippen MR) is 59.7 cm³/mol. The SMILES string of the molecule is N#Cc1cnc(I)c(C(F)F)c1S(=O)(=O)Cl. The molecule has 0 aromatic carbocycles. The van der Waals surface area contributed by atoms with E-state index in [9.17, 15) is 17.2 Å². The number of nitrogens with zero attached hydrogens (tertiary/aromatic N) is 2. The number of nitriles is 1. The second kappa shape index (κ2) is 4.77. The minimum atomic E-state index is -4.42. The highest BCUT2D eigenvalue weighted by molar-refractivity contribution is 14.1. The highest BCUT2D eigenvalue weighted by atomic mass is 127. The Kier molecular flexibility index (Phi) is 4.03. The van der Waals surface area contributed by atoms with Gasteiger partial charge in [0.05, 0.1) is 11.1 Å². The van der Waals surface area contributed by atoms with Crippen molar-refractivity contribution >= 4 is 42.3 Å². The van der Waals surface area contributed by atoms with E-state index in [-0.39, 0.29) is 3.70 Å². The average molecular weight is 379 g/mol. The van der Waals surface area contributed by atoms with Gasteiger partial charge in [0.15, 0.2) is 0 Å². The zero-order valence-corrected chi connectivity index (χ0v) is 11.0. The molecule has 1 aromatic rings. The third-order valence-corrected chi connectivity index (χ3v) is 3.85. The molecule has 0 amide bonds. The van der Waals surface area contributed by atoms with Crippen molar-refractivity contribution in [2.24, 2.45) is 0 Å². The molecule has 1 rings (SSSR count). The molecule has 9 heteroatoms. The molecule has 0 saturated carbocycles. The third kappa shape index (κ3) is 2.58. The van der Waals surface area contributed by atoms with Crippen LogP contribution in [-0.2, 0) is 9.05 Å². The molecule has 0 aliphatic rings.